The van der Waals surface area contributed by atoms with E-state index in [0.29, 0.717) is 5.75 Å². The van der Waals surface area contributed by atoms with Crippen LogP contribution in [-0.2, 0) is 9.59 Å². The number of aliphatic carboxylic acids is 1. The zero-order valence-electron chi connectivity index (χ0n) is 14.7. The maximum absolute atomic E-state index is 12.0. The summed E-state index contributed by atoms with van der Waals surface area (Å²) < 4.78 is 5.05. The second kappa shape index (κ2) is 9.52. The number of benzene rings is 2. The first-order valence-corrected chi connectivity index (χ1v) is 9.33. The molecule has 0 radical (unpaired) electrons. The van der Waals surface area contributed by atoms with Gasteiger partial charge in [0.2, 0.25) is 5.91 Å². The first-order valence-electron chi connectivity index (χ1n) is 8.35. The van der Waals surface area contributed by atoms with Crippen molar-refractivity contribution in [2.45, 2.75) is 4.90 Å². The van der Waals surface area contributed by atoms with Crippen molar-refractivity contribution in [2.24, 2.45) is 5.10 Å². The van der Waals surface area contributed by atoms with Crippen LogP contribution in [0, 0.1) is 0 Å². The Hall–Kier alpha value is -3.39. The third-order valence-electron chi connectivity index (χ3n) is 3.60. The molecule has 0 aliphatic carbocycles. The van der Waals surface area contributed by atoms with E-state index in [9.17, 15) is 9.59 Å². The second-order valence-electron chi connectivity index (χ2n) is 5.66. The zero-order chi connectivity index (χ0) is 19.8. The molecule has 2 N–H and O–H groups in total. The molecule has 1 amide bonds. The summed E-state index contributed by atoms with van der Waals surface area (Å²) in [5.41, 5.74) is 4.10. The van der Waals surface area contributed by atoms with Crippen molar-refractivity contribution in [1.82, 2.24) is 10.4 Å². The monoisotopic (exact) mass is 395 g/mol. The fraction of sp³-hybridized carbons (Fsp3) is 0.100. The number of carbonyl (C=O) groups excluding carboxylic acids is 1. The highest BCUT2D eigenvalue weighted by Gasteiger charge is 2.06. The molecule has 0 spiro atoms. The average Bonchev–Trinajstić information content (AvgIpc) is 2.71. The minimum atomic E-state index is -1.04. The molecule has 0 saturated heterocycles. The number of carbonyl (C=O) groups is 2. The molecule has 3 rings (SSSR count). The van der Waals surface area contributed by atoms with E-state index in [4.69, 9.17) is 9.84 Å². The minimum Gasteiger partial charge on any atom is -0.482 e. The molecule has 142 valence electrons. The second-order valence-corrected chi connectivity index (χ2v) is 6.68. The van der Waals surface area contributed by atoms with Gasteiger partial charge in [-0.3, -0.25) is 9.78 Å². The van der Waals surface area contributed by atoms with E-state index >= 15 is 0 Å². The summed E-state index contributed by atoms with van der Waals surface area (Å²) in [7, 11) is 0. The van der Waals surface area contributed by atoms with Crippen LogP contribution in [0.4, 0.5) is 0 Å². The number of pyridine rings is 1. The molecule has 1 aromatic heterocycles. The van der Waals surface area contributed by atoms with Gasteiger partial charge in [0.25, 0.3) is 0 Å². The first kappa shape index (κ1) is 19.4. The smallest absolute Gasteiger partial charge is 0.341 e. The number of nitrogens with zero attached hydrogens (tertiary/aromatic N) is 2. The van der Waals surface area contributed by atoms with E-state index in [2.05, 4.69) is 15.5 Å². The number of amides is 1. The lowest BCUT2D eigenvalue weighted by molar-refractivity contribution is -0.139. The third-order valence-corrected chi connectivity index (χ3v) is 4.65. The van der Waals surface area contributed by atoms with Gasteiger partial charge >= 0.3 is 5.97 Å². The summed E-state index contributed by atoms with van der Waals surface area (Å²) >= 11 is 1.40. The number of para-hydroxylation sites is 1. The molecule has 1 heterocycles. The lowest BCUT2D eigenvalue weighted by Gasteiger charge is -2.05. The van der Waals surface area contributed by atoms with Crippen LogP contribution < -0.4 is 10.2 Å². The van der Waals surface area contributed by atoms with E-state index in [1.165, 1.54) is 18.0 Å². The van der Waals surface area contributed by atoms with Crippen LogP contribution in [-0.4, -0.2) is 40.5 Å². The lowest BCUT2D eigenvalue weighted by atomic mass is 10.2. The van der Waals surface area contributed by atoms with Crippen molar-refractivity contribution in [2.75, 3.05) is 12.4 Å². The highest BCUT2D eigenvalue weighted by Crippen LogP contribution is 2.25. The summed E-state index contributed by atoms with van der Waals surface area (Å²) in [6, 6.07) is 16.4. The van der Waals surface area contributed by atoms with Crippen LogP contribution in [0.25, 0.3) is 10.9 Å². The van der Waals surface area contributed by atoms with E-state index in [1.54, 1.807) is 30.5 Å². The van der Waals surface area contributed by atoms with Crippen molar-refractivity contribution in [1.29, 1.82) is 0 Å². The van der Waals surface area contributed by atoms with Crippen LogP contribution in [0.15, 0.2) is 70.8 Å². The highest BCUT2D eigenvalue weighted by molar-refractivity contribution is 8.00. The Morgan fingerprint density at radius 1 is 1.14 bits per heavy atom. The SMILES string of the molecule is O=C(O)COc1ccc(/C=N\NC(=O)CSc2cccc3cccnc23)cc1. The van der Waals surface area contributed by atoms with Gasteiger partial charge in [0, 0.05) is 16.5 Å². The van der Waals surface area contributed by atoms with E-state index in [-0.39, 0.29) is 11.7 Å². The minimum absolute atomic E-state index is 0.217. The summed E-state index contributed by atoms with van der Waals surface area (Å²) in [6.45, 7) is -0.395. The Bertz CT molecular complexity index is 1000. The maximum Gasteiger partial charge on any atom is 0.341 e. The molecular weight excluding hydrogens is 378 g/mol. The molecule has 8 heteroatoms. The Morgan fingerprint density at radius 2 is 1.93 bits per heavy atom. The number of carboxylic acids is 1. The predicted octanol–water partition coefficient (Wildman–Crippen LogP) is 2.94. The van der Waals surface area contributed by atoms with Gasteiger partial charge in [0.15, 0.2) is 6.61 Å². The Kier molecular flexibility index (Phi) is 6.59. The standard InChI is InChI=1S/C20H17N3O4S/c24-18(13-28-17-5-1-3-15-4-2-10-21-20(15)17)23-22-11-14-6-8-16(9-7-14)27-12-19(25)26/h1-11H,12-13H2,(H,23,24)(H,25,26)/b22-11-. The molecule has 0 saturated carbocycles. The van der Waals surface area contributed by atoms with E-state index < -0.39 is 12.6 Å². The number of hydrogen-bond acceptors (Lipinski definition) is 6. The first-order chi connectivity index (χ1) is 13.6. The van der Waals surface area contributed by atoms with Crippen molar-refractivity contribution >= 4 is 40.8 Å². The van der Waals surface area contributed by atoms with E-state index in [1.807, 2.05) is 30.3 Å². The van der Waals surface area contributed by atoms with Crippen LogP contribution in [0.5, 0.6) is 5.75 Å². The number of nitrogens with one attached hydrogen (secondary N) is 1. The molecule has 0 bridgehead atoms. The third kappa shape index (κ3) is 5.55. The molecule has 0 unspecified atom stereocenters. The molecule has 0 aliphatic rings. The number of hydrogen-bond donors (Lipinski definition) is 2. The van der Waals surface area contributed by atoms with Gasteiger partial charge in [-0.25, -0.2) is 10.2 Å². The fourth-order valence-electron chi connectivity index (χ4n) is 2.34. The normalized spacial score (nSPS) is 10.9. The van der Waals surface area contributed by atoms with Gasteiger partial charge in [0.05, 0.1) is 17.5 Å². The molecule has 28 heavy (non-hydrogen) atoms. The Morgan fingerprint density at radius 3 is 2.71 bits per heavy atom. The van der Waals surface area contributed by atoms with Crippen LogP contribution in [0.1, 0.15) is 5.56 Å². The number of hydrazone groups is 1. The van der Waals surface area contributed by atoms with Gasteiger partial charge in [-0.05, 0) is 42.0 Å². The molecule has 7 nitrogen and oxygen atoms in total. The van der Waals surface area contributed by atoms with Crippen LogP contribution in [0.3, 0.4) is 0 Å². The van der Waals surface area contributed by atoms with Crippen molar-refractivity contribution in [3.8, 4) is 5.75 Å². The molecule has 3 aromatic rings. The summed E-state index contributed by atoms with van der Waals surface area (Å²) in [5.74, 6) is -0.598. The van der Waals surface area contributed by atoms with Gasteiger partial charge in [0.1, 0.15) is 5.75 Å². The number of ether oxygens (including phenoxy) is 1. The molecular formula is C20H17N3O4S. The summed E-state index contributed by atoms with van der Waals surface area (Å²) in [6.07, 6.45) is 3.23. The average molecular weight is 395 g/mol. The van der Waals surface area contributed by atoms with Crippen LogP contribution >= 0.6 is 11.8 Å². The lowest BCUT2D eigenvalue weighted by Crippen LogP contribution is -2.19. The topological polar surface area (TPSA) is 101 Å². The zero-order valence-corrected chi connectivity index (χ0v) is 15.6. The predicted molar refractivity (Wildman–Crippen MR) is 108 cm³/mol. The van der Waals surface area contributed by atoms with Crippen molar-refractivity contribution in [3.63, 3.8) is 0 Å². The highest BCUT2D eigenvalue weighted by atomic mass is 32.2. The van der Waals surface area contributed by atoms with Crippen molar-refractivity contribution in [3.05, 3.63) is 66.4 Å². The fourth-order valence-corrected chi connectivity index (χ4v) is 3.18. The Balaban J connectivity index is 1.49. The largest absolute Gasteiger partial charge is 0.482 e. The summed E-state index contributed by atoms with van der Waals surface area (Å²) in [5, 5.41) is 13.5. The van der Waals surface area contributed by atoms with Gasteiger partial charge in [-0.1, -0.05) is 18.2 Å². The number of fused-ring (bicyclic) bond motifs is 1. The van der Waals surface area contributed by atoms with E-state index in [0.717, 1.165) is 21.4 Å². The number of aromatic nitrogens is 1. The molecule has 0 aliphatic heterocycles. The van der Waals surface area contributed by atoms with Crippen LogP contribution in [0.2, 0.25) is 0 Å². The van der Waals surface area contributed by atoms with Gasteiger partial charge in [-0.2, -0.15) is 5.10 Å². The quantitative estimate of drug-likeness (QED) is 0.345. The Labute approximate surface area is 165 Å². The summed E-state index contributed by atoms with van der Waals surface area (Å²) in [4.78, 5) is 27.8. The molecule has 2 aromatic carbocycles. The number of thioether (sulfide) groups is 1. The van der Waals surface area contributed by atoms with Gasteiger partial charge in [-0.15, -0.1) is 11.8 Å². The maximum atomic E-state index is 12.0. The number of carboxylic acid groups (broad SMARTS) is 1. The van der Waals surface area contributed by atoms with Crippen molar-refractivity contribution < 1.29 is 19.4 Å². The number of rotatable bonds is 8. The molecule has 0 fully saturated rings. The van der Waals surface area contributed by atoms with Gasteiger partial charge < -0.3 is 9.84 Å². The molecule has 0 atom stereocenters.